The zero-order valence-electron chi connectivity index (χ0n) is 28.7. The van der Waals surface area contributed by atoms with Crippen LogP contribution in [0.25, 0.3) is 17.1 Å². The summed E-state index contributed by atoms with van der Waals surface area (Å²) in [5.41, 5.74) is 8.44. The van der Waals surface area contributed by atoms with Crippen molar-refractivity contribution in [3.8, 4) is 23.0 Å². The smallest absolute Gasteiger partial charge is 0.311 e. The van der Waals surface area contributed by atoms with Gasteiger partial charge in [0.25, 0.3) is 0 Å². The van der Waals surface area contributed by atoms with Gasteiger partial charge in [0, 0.05) is 17.7 Å². The van der Waals surface area contributed by atoms with Gasteiger partial charge in [-0.3, -0.25) is 19.7 Å². The second-order valence-electron chi connectivity index (χ2n) is 12.3. The number of aryl methyl sites for hydroxylation is 1. The molecule has 0 aliphatic heterocycles. The van der Waals surface area contributed by atoms with Crippen LogP contribution in [0.15, 0.2) is 157 Å². The molecule has 5 aromatic carbocycles. The van der Waals surface area contributed by atoms with Gasteiger partial charge < -0.3 is 14.8 Å². The second-order valence-corrected chi connectivity index (χ2v) is 13.3. The van der Waals surface area contributed by atoms with Gasteiger partial charge in [-0.25, -0.2) is 4.98 Å². The van der Waals surface area contributed by atoms with E-state index in [-0.39, 0.29) is 17.4 Å². The summed E-state index contributed by atoms with van der Waals surface area (Å²) in [6, 6.07) is 47.1. The molecule has 7 aromatic rings. The summed E-state index contributed by atoms with van der Waals surface area (Å²) in [7, 11) is 0. The van der Waals surface area contributed by atoms with E-state index >= 15 is 0 Å². The molecule has 0 saturated carbocycles. The predicted molar refractivity (Wildman–Crippen MR) is 206 cm³/mol. The molecule has 2 aromatic heterocycles. The highest BCUT2D eigenvalue weighted by Crippen LogP contribution is 2.43. The number of aromatic hydroxyl groups is 1. The monoisotopic (exact) mass is 706 g/mol. The quantitative estimate of drug-likeness (QED) is 0.0598. The largest absolute Gasteiger partial charge is 0.494 e. The molecule has 0 spiro atoms. The summed E-state index contributed by atoms with van der Waals surface area (Å²) >= 11 is 1.06. The third kappa shape index (κ3) is 6.92. The lowest BCUT2D eigenvalue weighted by Gasteiger charge is -2.37. The van der Waals surface area contributed by atoms with Crippen LogP contribution in [0.1, 0.15) is 38.5 Å². The van der Waals surface area contributed by atoms with Crippen molar-refractivity contribution in [2.24, 2.45) is 0 Å². The number of aromatic amines is 1. The molecule has 260 valence electrons. The molecule has 0 bridgehead atoms. The van der Waals surface area contributed by atoms with Gasteiger partial charge in [0.2, 0.25) is 5.88 Å². The highest BCUT2D eigenvalue weighted by atomic mass is 32.1. The number of hydrogen-bond acceptors (Lipinski definition) is 7. The van der Waals surface area contributed by atoms with Crippen LogP contribution >= 0.6 is 11.3 Å². The van der Waals surface area contributed by atoms with Crippen LogP contribution in [-0.4, -0.2) is 32.9 Å². The molecule has 0 aliphatic carbocycles. The van der Waals surface area contributed by atoms with Crippen LogP contribution in [0.3, 0.4) is 0 Å². The van der Waals surface area contributed by atoms with E-state index in [9.17, 15) is 9.90 Å². The molecule has 0 atom stereocenters. The maximum absolute atomic E-state index is 14.0. The number of imidazole rings is 1. The van der Waals surface area contributed by atoms with E-state index < -0.39 is 5.54 Å². The van der Waals surface area contributed by atoms with Gasteiger partial charge in [0.05, 0.1) is 10.6 Å². The zero-order chi connectivity index (χ0) is 35.9. The van der Waals surface area contributed by atoms with Crippen LogP contribution in [0.5, 0.6) is 11.6 Å². The van der Waals surface area contributed by atoms with E-state index in [2.05, 4.69) is 22.0 Å². The summed E-state index contributed by atoms with van der Waals surface area (Å²) in [6.07, 6.45) is 0.376. The van der Waals surface area contributed by atoms with E-state index in [1.807, 2.05) is 153 Å². The average Bonchev–Trinajstić information content (AvgIpc) is 3.72. The number of rotatable bonds is 14. The highest BCUT2D eigenvalue weighted by molar-refractivity contribution is 7.09. The van der Waals surface area contributed by atoms with Crippen LogP contribution in [0.2, 0.25) is 0 Å². The number of aromatic nitrogens is 3. The van der Waals surface area contributed by atoms with Crippen molar-refractivity contribution in [3.63, 3.8) is 0 Å². The lowest BCUT2D eigenvalue weighted by molar-refractivity contribution is 0.0539. The number of hydrogen-bond donors (Lipinski definition) is 3. The van der Waals surface area contributed by atoms with Gasteiger partial charge in [-0.1, -0.05) is 151 Å². The van der Waals surface area contributed by atoms with E-state index in [0.717, 1.165) is 50.7 Å². The van der Waals surface area contributed by atoms with Gasteiger partial charge in [-0.15, -0.1) is 0 Å². The Labute approximate surface area is 306 Å². The number of nitrogens with zero attached hydrogens (tertiary/aromatic N) is 2. The van der Waals surface area contributed by atoms with Crippen LogP contribution in [-0.2, 0) is 16.8 Å². The van der Waals surface area contributed by atoms with E-state index in [1.54, 1.807) is 4.57 Å². The van der Waals surface area contributed by atoms with E-state index in [4.69, 9.17) is 9.57 Å². The third-order valence-corrected chi connectivity index (χ3v) is 9.85. The fraction of sp³-hybridized carbons (Fsp3) is 0.116. The van der Waals surface area contributed by atoms with E-state index in [1.165, 1.54) is 0 Å². The van der Waals surface area contributed by atoms with Crippen molar-refractivity contribution in [1.82, 2.24) is 20.0 Å². The highest BCUT2D eigenvalue weighted by Gasteiger charge is 2.42. The first kappa shape index (κ1) is 34.3. The molecule has 52 heavy (non-hydrogen) atoms. The normalized spacial score (nSPS) is 11.3. The summed E-state index contributed by atoms with van der Waals surface area (Å²) in [6.45, 7) is 6.59. The minimum atomic E-state index is -1.09. The van der Waals surface area contributed by atoms with Crippen molar-refractivity contribution in [3.05, 3.63) is 200 Å². The molecule has 0 radical (unpaired) electrons. The molecule has 0 saturated heterocycles. The Morgan fingerprint density at radius 3 is 1.90 bits per heavy atom. The fourth-order valence-corrected chi connectivity index (χ4v) is 7.45. The van der Waals surface area contributed by atoms with Gasteiger partial charge in [-0.2, -0.15) is 0 Å². The Bertz CT molecular complexity index is 2200. The molecule has 0 amide bonds. The summed E-state index contributed by atoms with van der Waals surface area (Å²) in [5.74, 6) is 1.39. The zero-order valence-corrected chi connectivity index (χ0v) is 29.5. The minimum absolute atomic E-state index is 0.0561. The summed E-state index contributed by atoms with van der Waals surface area (Å²) < 4.78 is 7.45. The Hall–Kier alpha value is -6.16. The van der Waals surface area contributed by atoms with Crippen LogP contribution < -0.4 is 15.1 Å². The number of benzene rings is 5. The molecular weight excluding hydrogens is 669 g/mol. The number of nitrogens with one attached hydrogen (secondary N) is 2. The maximum atomic E-state index is 14.0. The minimum Gasteiger partial charge on any atom is -0.494 e. The van der Waals surface area contributed by atoms with Crippen molar-refractivity contribution >= 4 is 17.0 Å². The average molecular weight is 707 g/mol. The van der Waals surface area contributed by atoms with Gasteiger partial charge >= 0.3 is 4.87 Å². The second kappa shape index (κ2) is 15.4. The maximum Gasteiger partial charge on any atom is 0.311 e. The molecule has 0 unspecified atom stereocenters. The molecule has 0 aliphatic rings. The Morgan fingerprint density at radius 1 is 0.808 bits per heavy atom. The Kier molecular flexibility index (Phi) is 10.1. The van der Waals surface area contributed by atoms with Gasteiger partial charge in [-0.05, 0) is 41.3 Å². The van der Waals surface area contributed by atoms with Gasteiger partial charge in [0.1, 0.15) is 36.0 Å². The van der Waals surface area contributed by atoms with Crippen molar-refractivity contribution in [2.45, 2.75) is 18.9 Å². The number of thiazole rings is 1. The van der Waals surface area contributed by atoms with Crippen LogP contribution in [0.4, 0.5) is 0 Å². The number of ether oxygens (including phenoxy) is 1. The Morgan fingerprint density at radius 2 is 1.35 bits per heavy atom. The lowest BCUT2D eigenvalue weighted by Crippen LogP contribution is -2.42. The molecular formula is C43H38N4O4S. The first-order valence-electron chi connectivity index (χ1n) is 17.0. The SMILES string of the molecule is C=C(NOCCOc1ccc(Cc2sc(=O)n(C(c3ccccc3)(c3ccccc3)c3ccccc3)c2O)cc1)c1nc(-c2ccccc2)[nH]c1C. The third-order valence-electron chi connectivity index (χ3n) is 8.92. The number of hydroxylamine groups is 1. The molecule has 9 heteroatoms. The molecule has 7 rings (SSSR count). The summed E-state index contributed by atoms with van der Waals surface area (Å²) in [4.78, 5) is 27.9. The standard InChI is InChI=1S/C43H38N4O4S/c1-30-39(45-40(44-30)33-15-7-3-8-16-33)31(2)46-51-28-27-50-37-25-23-32(24-26-37)29-38-41(48)47(42(49)52-38)43(34-17-9-4-10-18-34,35-19-11-5-12-20-35)36-21-13-6-14-22-36/h3-26,46,48H,2,27-29H2,1H3,(H,44,45). The molecule has 3 N–H and O–H groups in total. The molecule has 2 heterocycles. The first-order chi connectivity index (χ1) is 25.4. The van der Waals surface area contributed by atoms with Crippen LogP contribution in [0, 0.1) is 6.92 Å². The van der Waals surface area contributed by atoms with E-state index in [0.29, 0.717) is 35.0 Å². The lowest BCUT2D eigenvalue weighted by atomic mass is 9.76. The molecule has 0 fully saturated rings. The number of H-pyrrole nitrogens is 1. The fourth-order valence-electron chi connectivity index (χ4n) is 6.51. The Balaban J connectivity index is 1.03. The summed E-state index contributed by atoms with van der Waals surface area (Å²) in [5, 5.41) is 11.9. The topological polar surface area (TPSA) is 101 Å². The van der Waals surface area contributed by atoms with Crippen molar-refractivity contribution in [2.75, 3.05) is 13.2 Å². The molecule has 8 nitrogen and oxygen atoms in total. The van der Waals surface area contributed by atoms with Crippen molar-refractivity contribution < 1.29 is 14.7 Å². The first-order valence-corrected chi connectivity index (χ1v) is 17.8. The van der Waals surface area contributed by atoms with Gasteiger partial charge in [0.15, 0.2) is 0 Å². The van der Waals surface area contributed by atoms with Crippen molar-refractivity contribution in [1.29, 1.82) is 0 Å². The predicted octanol–water partition coefficient (Wildman–Crippen LogP) is 8.32.